The Morgan fingerprint density at radius 3 is 2.21 bits per heavy atom. The average molecular weight is 739 g/mol. The van der Waals surface area contributed by atoms with Crippen molar-refractivity contribution in [3.63, 3.8) is 0 Å². The minimum absolute atomic E-state index is 0. The van der Waals surface area contributed by atoms with Crippen LogP contribution in [0.2, 0.25) is 0 Å². The number of rotatable bonds is 8. The molecule has 5 rings (SSSR count). The number of nitrogens with zero attached hydrogens (tertiary/aromatic N) is 1. The minimum atomic E-state index is -0.319. The van der Waals surface area contributed by atoms with Gasteiger partial charge < -0.3 is 5.11 Å². The molecule has 0 amide bonds. The van der Waals surface area contributed by atoms with Gasteiger partial charge in [0.2, 0.25) is 0 Å². The Kier molecular flexibility index (Phi) is 11.2. The van der Waals surface area contributed by atoms with Crippen LogP contribution in [0.25, 0.3) is 33.2 Å². The molecule has 0 saturated carbocycles. The number of aliphatic hydroxyl groups is 1. The second kappa shape index (κ2) is 14.2. The van der Waals surface area contributed by atoms with Crippen LogP contribution in [0, 0.1) is 24.3 Å². The van der Waals surface area contributed by atoms with E-state index in [9.17, 15) is 14.7 Å². The normalized spacial score (nSPS) is 12.4. The average Bonchev–Trinajstić information content (AvgIpc) is 3.29. The molecule has 0 bridgehead atoms. The van der Waals surface area contributed by atoms with E-state index < -0.39 is 0 Å². The third-order valence-corrected chi connectivity index (χ3v) is 8.71. The van der Waals surface area contributed by atoms with Gasteiger partial charge in [0.1, 0.15) is 0 Å². The molecule has 0 unspecified atom stereocenters. The number of pyridine rings is 1. The summed E-state index contributed by atoms with van der Waals surface area (Å²) in [6.07, 6.45) is 6.55. The Labute approximate surface area is 263 Å². The fourth-order valence-corrected chi connectivity index (χ4v) is 5.44. The molecule has 42 heavy (non-hydrogen) atoms. The maximum atomic E-state index is 12.7. The molecule has 1 aliphatic carbocycles. The maximum Gasteiger partial charge on any atom is 0.193 e. The van der Waals surface area contributed by atoms with Crippen LogP contribution in [-0.2, 0) is 24.9 Å². The summed E-state index contributed by atoms with van der Waals surface area (Å²) in [5.41, 5.74) is 5.98. The molecular weight excluding hydrogens is 699 g/mol. The Hall–Kier alpha value is -3.40. The van der Waals surface area contributed by atoms with E-state index >= 15 is 0 Å². The molecule has 5 heteroatoms. The van der Waals surface area contributed by atoms with Crippen molar-refractivity contribution in [2.75, 3.05) is 0 Å². The number of hydrogen-bond acceptors (Lipinski definition) is 4. The summed E-state index contributed by atoms with van der Waals surface area (Å²) in [5.74, 6) is 0.513. The standard InChI is InChI=1S/C23H14NO.C14H26O2.Ir/c1-14-12-16(13-15-6-2-3-7-17(14)15)22-21-18-8-4-5-9-19(18)23(25)20(21)10-11-24-22;1-6-11(7-2)12(15)10-13(16)14(5,8-3)9-4;/h2-12H,1H3;10-11,15H,6-9H2,1-5H3;/q-1;;/b;12-10-;. The molecule has 1 heterocycles. The molecule has 1 aromatic heterocycles. The van der Waals surface area contributed by atoms with Crippen molar-refractivity contribution >= 4 is 22.3 Å². The Morgan fingerprint density at radius 1 is 0.952 bits per heavy atom. The summed E-state index contributed by atoms with van der Waals surface area (Å²) in [6.45, 7) is 12.2. The predicted octanol–water partition coefficient (Wildman–Crippen LogP) is 9.48. The first-order chi connectivity index (χ1) is 19.7. The molecule has 0 aliphatic heterocycles. The van der Waals surface area contributed by atoms with Gasteiger partial charge in [-0.15, -0.1) is 29.1 Å². The summed E-state index contributed by atoms with van der Waals surface area (Å²) >= 11 is 0. The Morgan fingerprint density at radius 2 is 1.57 bits per heavy atom. The second-order valence-corrected chi connectivity index (χ2v) is 11.1. The number of hydrogen-bond donors (Lipinski definition) is 1. The minimum Gasteiger partial charge on any atom is -0.512 e. The van der Waals surface area contributed by atoms with Gasteiger partial charge in [-0.1, -0.05) is 95.0 Å². The third-order valence-electron chi connectivity index (χ3n) is 8.71. The fraction of sp³-hybridized carbons (Fsp3) is 0.324. The maximum absolute atomic E-state index is 12.7. The van der Waals surface area contributed by atoms with Gasteiger partial charge >= 0.3 is 0 Å². The van der Waals surface area contributed by atoms with Crippen molar-refractivity contribution < 1.29 is 34.8 Å². The largest absolute Gasteiger partial charge is 0.512 e. The number of fused-ring (bicyclic) bond motifs is 4. The molecule has 221 valence electrons. The van der Waals surface area contributed by atoms with Crippen LogP contribution in [0.15, 0.2) is 78.7 Å². The van der Waals surface area contributed by atoms with E-state index in [1.807, 2.05) is 77.1 Å². The molecule has 0 saturated heterocycles. The Bertz CT molecular complexity index is 1610. The zero-order chi connectivity index (χ0) is 29.7. The van der Waals surface area contributed by atoms with Crippen LogP contribution in [0.5, 0.6) is 0 Å². The number of aryl methyl sites for hydroxylation is 1. The van der Waals surface area contributed by atoms with Gasteiger partial charge in [0.25, 0.3) is 0 Å². The number of ketones is 2. The van der Waals surface area contributed by atoms with Crippen LogP contribution in [0.1, 0.15) is 81.8 Å². The van der Waals surface area contributed by atoms with Crippen molar-refractivity contribution in [3.8, 4) is 22.4 Å². The number of carbonyl (C=O) groups excluding carboxylic acids is 2. The van der Waals surface area contributed by atoms with Gasteiger partial charge in [-0.3, -0.25) is 14.6 Å². The van der Waals surface area contributed by atoms with Crippen LogP contribution >= 0.6 is 0 Å². The molecule has 1 N–H and O–H groups in total. The van der Waals surface area contributed by atoms with E-state index in [2.05, 4.69) is 36.2 Å². The third kappa shape index (κ3) is 6.48. The first kappa shape index (κ1) is 33.1. The first-order valence-electron chi connectivity index (χ1n) is 14.7. The SMILES string of the molecule is CCC(CC)/C(O)=C/C(=O)C(C)(CC)CC.Cc1cc(-c2nccc3c2-c2ccccc2C3=O)[c-]c2ccccc12.[Ir]. The molecule has 0 spiro atoms. The summed E-state index contributed by atoms with van der Waals surface area (Å²) in [4.78, 5) is 29.4. The zero-order valence-corrected chi connectivity index (χ0v) is 27.8. The first-order valence-corrected chi connectivity index (χ1v) is 14.7. The van der Waals surface area contributed by atoms with Gasteiger partial charge in [0.05, 0.1) is 5.76 Å². The smallest absolute Gasteiger partial charge is 0.193 e. The molecule has 0 fully saturated rings. The van der Waals surface area contributed by atoms with Crippen LogP contribution in [-0.4, -0.2) is 21.7 Å². The summed E-state index contributed by atoms with van der Waals surface area (Å²) < 4.78 is 0. The van der Waals surface area contributed by atoms with Gasteiger partial charge in [-0.05, 0) is 42.9 Å². The number of allylic oxidation sites excluding steroid dienone is 2. The number of aromatic nitrogens is 1. The molecule has 4 aromatic rings. The summed E-state index contributed by atoms with van der Waals surface area (Å²) in [6, 6.07) is 23.4. The van der Waals surface area contributed by atoms with Crippen molar-refractivity contribution in [1.29, 1.82) is 0 Å². The van der Waals surface area contributed by atoms with E-state index in [1.165, 1.54) is 17.0 Å². The van der Waals surface area contributed by atoms with Gasteiger partial charge in [0, 0.05) is 60.5 Å². The van der Waals surface area contributed by atoms with Gasteiger partial charge in [-0.25, -0.2) is 0 Å². The van der Waals surface area contributed by atoms with E-state index in [1.54, 1.807) is 6.20 Å². The Balaban J connectivity index is 0.000000251. The monoisotopic (exact) mass is 739 g/mol. The summed E-state index contributed by atoms with van der Waals surface area (Å²) in [7, 11) is 0. The van der Waals surface area contributed by atoms with Gasteiger partial charge in [0.15, 0.2) is 11.6 Å². The second-order valence-electron chi connectivity index (χ2n) is 11.1. The van der Waals surface area contributed by atoms with E-state index in [-0.39, 0.29) is 48.8 Å². The molecule has 1 radical (unpaired) electrons. The van der Waals surface area contributed by atoms with Crippen molar-refractivity contribution in [2.45, 2.75) is 67.2 Å². The molecular formula is C37H40IrNO3-. The number of aliphatic hydroxyl groups excluding tert-OH is 1. The van der Waals surface area contributed by atoms with Gasteiger partial charge in [-0.2, -0.15) is 0 Å². The zero-order valence-electron chi connectivity index (χ0n) is 25.4. The van der Waals surface area contributed by atoms with Crippen molar-refractivity contribution in [2.24, 2.45) is 11.3 Å². The fourth-order valence-electron chi connectivity index (χ4n) is 5.44. The van der Waals surface area contributed by atoms with Crippen LogP contribution < -0.4 is 0 Å². The predicted molar refractivity (Wildman–Crippen MR) is 168 cm³/mol. The number of carbonyl (C=O) groups is 2. The molecule has 4 nitrogen and oxygen atoms in total. The number of benzene rings is 3. The topological polar surface area (TPSA) is 67.3 Å². The van der Waals surface area contributed by atoms with E-state index in [0.717, 1.165) is 64.6 Å². The molecule has 0 atom stereocenters. The van der Waals surface area contributed by atoms with Crippen molar-refractivity contribution in [1.82, 2.24) is 4.98 Å². The van der Waals surface area contributed by atoms with E-state index in [4.69, 9.17) is 0 Å². The van der Waals surface area contributed by atoms with Crippen LogP contribution in [0.4, 0.5) is 0 Å². The van der Waals surface area contributed by atoms with E-state index in [0.29, 0.717) is 0 Å². The van der Waals surface area contributed by atoms with Crippen molar-refractivity contribution in [3.05, 3.63) is 101 Å². The molecule has 3 aromatic carbocycles. The van der Waals surface area contributed by atoms with Crippen LogP contribution in [0.3, 0.4) is 0 Å². The summed E-state index contributed by atoms with van der Waals surface area (Å²) in [5, 5.41) is 12.1. The quantitative estimate of drug-likeness (QED) is 0.0979. The molecule has 1 aliphatic rings.